The van der Waals surface area contributed by atoms with Gasteiger partial charge < -0.3 is 39.8 Å². The molecule has 0 saturated carbocycles. The second-order valence-electron chi connectivity index (χ2n) is 17.3. The number of carboxylic acids is 1. The highest BCUT2D eigenvalue weighted by Gasteiger charge is 2.43. The number of nitrogens with zero attached hydrogens (tertiary/aromatic N) is 2. The standard InChI is InChI=1S/C46H74N4O11/c1-12-30(6)43(49(9)46(58)34(28(2)3)25-37(53)42(47-8)29(4)5)38(59-10)26-40(54)50-22-16-19-35(50)44(60-11)31(7)36(52)24-33(23-32-17-14-13-15-18-32)45(57)48-39(61-27-51)20-21-41(55)56/h13-15,17-18,27-31,33-35,38-39,42-44,47H,12,16,19-26H2,1-11H3,(H,48,57)(H,55,56)/t30-,31-,33+,34-,35-,38+,39?,42-,43-,44+/m0/s1. The van der Waals surface area contributed by atoms with Crippen molar-refractivity contribution < 1.29 is 52.9 Å². The molecule has 61 heavy (non-hydrogen) atoms. The Bertz CT molecular complexity index is 1570. The lowest BCUT2D eigenvalue weighted by molar-refractivity contribution is -0.149. The molecule has 3 N–H and O–H groups in total. The highest BCUT2D eigenvalue weighted by Crippen LogP contribution is 2.32. The Labute approximate surface area is 363 Å². The van der Waals surface area contributed by atoms with Gasteiger partial charge in [0.2, 0.25) is 17.7 Å². The maximum absolute atomic E-state index is 14.4. The van der Waals surface area contributed by atoms with Gasteiger partial charge in [0.25, 0.3) is 6.47 Å². The molecule has 344 valence electrons. The van der Waals surface area contributed by atoms with Gasteiger partial charge in [-0.2, -0.15) is 0 Å². The summed E-state index contributed by atoms with van der Waals surface area (Å²) in [7, 11) is 6.52. The molecule has 1 fully saturated rings. The molecule has 0 spiro atoms. The third-order valence-corrected chi connectivity index (χ3v) is 12.5. The fraction of sp³-hybridized carbons (Fsp3) is 0.717. The third kappa shape index (κ3) is 15.6. The van der Waals surface area contributed by atoms with E-state index in [-0.39, 0.29) is 92.2 Å². The quantitative estimate of drug-likeness (QED) is 0.0745. The predicted molar refractivity (Wildman–Crippen MR) is 231 cm³/mol. The Morgan fingerprint density at radius 2 is 1.59 bits per heavy atom. The summed E-state index contributed by atoms with van der Waals surface area (Å²) >= 11 is 0. The van der Waals surface area contributed by atoms with Gasteiger partial charge in [-0.05, 0) is 49.6 Å². The van der Waals surface area contributed by atoms with Crippen molar-refractivity contribution in [2.24, 2.45) is 35.5 Å². The topological polar surface area (TPSA) is 198 Å². The smallest absolute Gasteiger partial charge is 0.303 e. The number of benzene rings is 1. The molecule has 1 heterocycles. The largest absolute Gasteiger partial charge is 0.481 e. The number of rotatable bonds is 29. The van der Waals surface area contributed by atoms with E-state index in [1.165, 1.54) is 14.2 Å². The van der Waals surface area contributed by atoms with Crippen LogP contribution in [0.3, 0.4) is 0 Å². The van der Waals surface area contributed by atoms with Crippen molar-refractivity contribution in [1.82, 2.24) is 20.4 Å². The lowest BCUT2D eigenvalue weighted by atomic mass is 9.84. The fourth-order valence-corrected chi connectivity index (χ4v) is 8.78. The number of hydrogen-bond acceptors (Lipinski definition) is 11. The van der Waals surface area contributed by atoms with Crippen molar-refractivity contribution in [2.45, 2.75) is 143 Å². The Morgan fingerprint density at radius 1 is 0.934 bits per heavy atom. The molecule has 2 rings (SSSR count). The number of hydrogen-bond donors (Lipinski definition) is 3. The van der Waals surface area contributed by atoms with E-state index < -0.39 is 60.1 Å². The van der Waals surface area contributed by atoms with E-state index in [9.17, 15) is 33.6 Å². The molecule has 1 unspecified atom stereocenters. The first-order chi connectivity index (χ1) is 28.9. The van der Waals surface area contributed by atoms with Crippen LogP contribution in [0, 0.1) is 35.5 Å². The van der Waals surface area contributed by atoms with Gasteiger partial charge in [-0.15, -0.1) is 0 Å². The number of aliphatic carboxylic acids is 1. The number of ether oxygens (including phenoxy) is 3. The van der Waals surface area contributed by atoms with Gasteiger partial charge in [0, 0.05) is 64.8 Å². The number of nitrogens with one attached hydrogen (secondary N) is 2. The van der Waals surface area contributed by atoms with Crippen molar-refractivity contribution in [3.8, 4) is 0 Å². The maximum Gasteiger partial charge on any atom is 0.303 e. The summed E-state index contributed by atoms with van der Waals surface area (Å²) in [5.41, 5.74) is 0.801. The van der Waals surface area contributed by atoms with Gasteiger partial charge in [-0.1, -0.05) is 85.2 Å². The molecule has 3 amide bonds. The first-order valence-electron chi connectivity index (χ1n) is 21.9. The van der Waals surface area contributed by atoms with Gasteiger partial charge in [-0.25, -0.2) is 0 Å². The van der Waals surface area contributed by atoms with Crippen LogP contribution in [0.5, 0.6) is 0 Å². The predicted octanol–water partition coefficient (Wildman–Crippen LogP) is 4.68. The van der Waals surface area contributed by atoms with Gasteiger partial charge in [0.1, 0.15) is 5.78 Å². The van der Waals surface area contributed by atoms with Crippen LogP contribution in [0.15, 0.2) is 30.3 Å². The minimum absolute atomic E-state index is 0.0159. The van der Waals surface area contributed by atoms with E-state index >= 15 is 0 Å². The van der Waals surface area contributed by atoms with Crippen LogP contribution >= 0.6 is 0 Å². The molecular formula is C46H74N4O11. The summed E-state index contributed by atoms with van der Waals surface area (Å²) in [6, 6.07) is 7.85. The summed E-state index contributed by atoms with van der Waals surface area (Å²) in [5.74, 6) is -4.59. The van der Waals surface area contributed by atoms with Crippen molar-refractivity contribution in [2.75, 3.05) is 34.9 Å². The summed E-state index contributed by atoms with van der Waals surface area (Å²) in [6.45, 7) is 14.2. The molecule has 1 aromatic carbocycles. The molecule has 0 bridgehead atoms. The van der Waals surface area contributed by atoms with E-state index in [0.29, 0.717) is 25.8 Å². The van der Waals surface area contributed by atoms with Crippen LogP contribution < -0.4 is 10.6 Å². The number of carbonyl (C=O) groups excluding carboxylic acids is 6. The van der Waals surface area contributed by atoms with E-state index in [4.69, 9.17) is 19.3 Å². The maximum atomic E-state index is 14.4. The molecule has 15 nitrogen and oxygen atoms in total. The van der Waals surface area contributed by atoms with Crippen LogP contribution in [-0.2, 0) is 54.2 Å². The van der Waals surface area contributed by atoms with Crippen LogP contribution in [0.4, 0.5) is 0 Å². The average molecular weight is 859 g/mol. The minimum atomic E-state index is -1.19. The normalized spacial score (nSPS) is 18.6. The molecule has 10 atom stereocenters. The van der Waals surface area contributed by atoms with Crippen LogP contribution in [0.2, 0.25) is 0 Å². The average Bonchev–Trinajstić information content (AvgIpc) is 3.71. The highest BCUT2D eigenvalue weighted by atomic mass is 16.5. The fourth-order valence-electron chi connectivity index (χ4n) is 8.78. The molecule has 1 aliphatic heterocycles. The zero-order chi connectivity index (χ0) is 46.0. The first-order valence-corrected chi connectivity index (χ1v) is 21.9. The zero-order valence-corrected chi connectivity index (χ0v) is 38.4. The van der Waals surface area contributed by atoms with Crippen molar-refractivity contribution in [1.29, 1.82) is 0 Å². The van der Waals surface area contributed by atoms with Crippen LogP contribution in [0.25, 0.3) is 0 Å². The number of amides is 3. The minimum Gasteiger partial charge on any atom is -0.481 e. The zero-order valence-electron chi connectivity index (χ0n) is 38.4. The molecule has 0 aromatic heterocycles. The number of methoxy groups -OCH3 is 2. The molecular weight excluding hydrogens is 785 g/mol. The number of likely N-dealkylation sites (N-methyl/N-ethyl adjacent to an activating group) is 2. The molecule has 0 radical (unpaired) electrons. The number of likely N-dealkylation sites (tertiary alicyclic amines) is 1. The molecule has 1 aromatic rings. The Morgan fingerprint density at radius 3 is 2.11 bits per heavy atom. The highest BCUT2D eigenvalue weighted by molar-refractivity contribution is 5.90. The van der Waals surface area contributed by atoms with Crippen molar-refractivity contribution >= 4 is 41.7 Å². The van der Waals surface area contributed by atoms with E-state index in [0.717, 1.165) is 5.56 Å². The Hall–Kier alpha value is -4.21. The SMILES string of the molecule is CC[C@H](C)[C@@H]([C@@H](CC(=O)N1CCC[C@H]1[C@H](OC)[C@@H](C)C(=O)C[C@@H](Cc1ccccc1)C(=O)NC(CCC(=O)O)OC=O)OC)N(C)C(=O)[C@@H](CC(=O)[C@@H](NC)C(C)C)C(C)C. The van der Waals surface area contributed by atoms with Crippen LogP contribution in [-0.4, -0.2) is 128 Å². The summed E-state index contributed by atoms with van der Waals surface area (Å²) in [5, 5.41) is 14.8. The van der Waals surface area contributed by atoms with Gasteiger partial charge >= 0.3 is 5.97 Å². The van der Waals surface area contributed by atoms with E-state index in [1.54, 1.807) is 30.8 Å². The van der Waals surface area contributed by atoms with Crippen molar-refractivity contribution in [3.05, 3.63) is 35.9 Å². The number of carboxylic acid groups (broad SMARTS) is 1. The Kier molecular flexibility index (Phi) is 22.8. The van der Waals surface area contributed by atoms with Gasteiger partial charge in [0.05, 0.1) is 43.2 Å². The monoisotopic (exact) mass is 859 g/mol. The van der Waals surface area contributed by atoms with Crippen LogP contribution in [0.1, 0.15) is 105 Å². The van der Waals surface area contributed by atoms with E-state index in [2.05, 4.69) is 10.6 Å². The number of carbonyl (C=O) groups is 7. The van der Waals surface area contributed by atoms with Gasteiger partial charge in [-0.3, -0.25) is 33.6 Å². The molecule has 1 aliphatic rings. The lowest BCUT2D eigenvalue weighted by Gasteiger charge is -2.41. The first kappa shape index (κ1) is 52.9. The number of ketones is 2. The van der Waals surface area contributed by atoms with E-state index in [1.807, 2.05) is 71.9 Å². The second kappa shape index (κ2) is 26.3. The molecule has 15 heteroatoms. The molecule has 0 aliphatic carbocycles. The second-order valence-corrected chi connectivity index (χ2v) is 17.3. The molecule has 1 saturated heterocycles. The lowest BCUT2D eigenvalue weighted by Crippen LogP contribution is -2.54. The summed E-state index contributed by atoms with van der Waals surface area (Å²) in [6.07, 6.45) is -0.988. The van der Waals surface area contributed by atoms with Gasteiger partial charge in [0.15, 0.2) is 12.0 Å². The Balaban J connectivity index is 2.33. The summed E-state index contributed by atoms with van der Waals surface area (Å²) < 4.78 is 17.0. The third-order valence-electron chi connectivity index (χ3n) is 12.5. The number of Topliss-reactive ketones (excluding diaryl/α,β-unsaturated/α-hetero) is 2. The van der Waals surface area contributed by atoms with Crippen molar-refractivity contribution in [3.63, 3.8) is 0 Å². The summed E-state index contributed by atoms with van der Waals surface area (Å²) in [4.78, 5) is 95.6.